The first-order valence-electron chi connectivity index (χ1n) is 5.64. The summed E-state index contributed by atoms with van der Waals surface area (Å²) in [5.41, 5.74) is 5.28. The van der Waals surface area contributed by atoms with Gasteiger partial charge in [0.05, 0.1) is 0 Å². The van der Waals surface area contributed by atoms with Crippen LogP contribution in [0.15, 0.2) is 18.2 Å². The van der Waals surface area contributed by atoms with Crippen molar-refractivity contribution in [3.05, 3.63) is 40.5 Å². The van der Waals surface area contributed by atoms with Crippen molar-refractivity contribution >= 4 is 11.6 Å². The Balaban J connectivity index is 2.64. The number of hydrogen-bond acceptors (Lipinski definition) is 1. The van der Waals surface area contributed by atoms with Crippen LogP contribution in [0.1, 0.15) is 40.9 Å². The molecule has 0 atom stereocenters. The lowest BCUT2D eigenvalue weighted by Crippen LogP contribution is -2.12. The van der Waals surface area contributed by atoms with Crippen molar-refractivity contribution in [2.45, 2.75) is 27.7 Å². The molecular weight excluding hydrogens is 198 g/mol. The SMILES string of the molecule is Cc1ccc2c(c1C)/C(=C\C(C)C)NC2=O. The fraction of sp³-hybridized carbons (Fsp3) is 0.357. The molecule has 0 fully saturated rings. The smallest absolute Gasteiger partial charge is 0.256 e. The highest BCUT2D eigenvalue weighted by Crippen LogP contribution is 2.30. The molecule has 84 valence electrons. The van der Waals surface area contributed by atoms with Gasteiger partial charge in [-0.3, -0.25) is 4.79 Å². The topological polar surface area (TPSA) is 29.1 Å². The minimum absolute atomic E-state index is 0.0185. The number of amides is 1. The predicted octanol–water partition coefficient (Wildman–Crippen LogP) is 3.04. The number of nitrogens with one attached hydrogen (secondary N) is 1. The maximum Gasteiger partial charge on any atom is 0.256 e. The molecule has 1 aromatic rings. The summed E-state index contributed by atoms with van der Waals surface area (Å²) in [5.74, 6) is 0.450. The van der Waals surface area contributed by atoms with E-state index in [9.17, 15) is 4.79 Å². The van der Waals surface area contributed by atoms with Crippen molar-refractivity contribution in [3.63, 3.8) is 0 Å². The zero-order valence-corrected chi connectivity index (χ0v) is 10.2. The van der Waals surface area contributed by atoms with Crippen LogP contribution in [0.25, 0.3) is 5.70 Å². The van der Waals surface area contributed by atoms with Gasteiger partial charge < -0.3 is 5.32 Å². The van der Waals surface area contributed by atoms with Crippen molar-refractivity contribution in [1.29, 1.82) is 0 Å². The molecular formula is C14H17NO. The van der Waals surface area contributed by atoms with Crippen LogP contribution in [0, 0.1) is 19.8 Å². The molecule has 0 saturated carbocycles. The summed E-state index contributed by atoms with van der Waals surface area (Å²) in [5, 5.41) is 2.94. The molecule has 0 aromatic heterocycles. The van der Waals surface area contributed by atoms with Gasteiger partial charge in [0.1, 0.15) is 0 Å². The van der Waals surface area contributed by atoms with Gasteiger partial charge in [0, 0.05) is 16.8 Å². The number of allylic oxidation sites excluding steroid dienone is 1. The lowest BCUT2D eigenvalue weighted by atomic mass is 9.96. The molecule has 2 rings (SSSR count). The Morgan fingerprint density at radius 2 is 1.94 bits per heavy atom. The van der Waals surface area contributed by atoms with E-state index in [1.807, 2.05) is 12.1 Å². The van der Waals surface area contributed by atoms with E-state index in [2.05, 4.69) is 39.1 Å². The molecule has 0 unspecified atom stereocenters. The van der Waals surface area contributed by atoms with Gasteiger partial charge in [-0.25, -0.2) is 0 Å². The highest BCUT2D eigenvalue weighted by molar-refractivity contribution is 6.09. The van der Waals surface area contributed by atoms with Crippen LogP contribution in [-0.2, 0) is 0 Å². The second-order valence-corrected chi connectivity index (χ2v) is 4.71. The maximum absolute atomic E-state index is 11.8. The molecule has 1 aromatic carbocycles. The first-order valence-corrected chi connectivity index (χ1v) is 5.64. The summed E-state index contributed by atoms with van der Waals surface area (Å²) in [6.45, 7) is 8.37. The van der Waals surface area contributed by atoms with Gasteiger partial charge in [-0.1, -0.05) is 26.0 Å². The summed E-state index contributed by atoms with van der Waals surface area (Å²) in [7, 11) is 0. The molecule has 0 aliphatic carbocycles. The number of carbonyl (C=O) groups is 1. The molecule has 16 heavy (non-hydrogen) atoms. The number of benzene rings is 1. The fourth-order valence-electron chi connectivity index (χ4n) is 2.06. The zero-order chi connectivity index (χ0) is 11.9. The second-order valence-electron chi connectivity index (χ2n) is 4.71. The molecule has 0 saturated heterocycles. The Kier molecular flexibility index (Phi) is 2.58. The Labute approximate surface area is 96.4 Å². The van der Waals surface area contributed by atoms with Crippen LogP contribution in [0.3, 0.4) is 0 Å². The Hall–Kier alpha value is -1.57. The average Bonchev–Trinajstić information content (AvgIpc) is 2.49. The van der Waals surface area contributed by atoms with E-state index in [1.165, 1.54) is 11.1 Å². The van der Waals surface area contributed by atoms with Crippen LogP contribution >= 0.6 is 0 Å². The highest BCUT2D eigenvalue weighted by atomic mass is 16.1. The largest absolute Gasteiger partial charge is 0.322 e. The summed E-state index contributed by atoms with van der Waals surface area (Å²) in [6.07, 6.45) is 2.11. The van der Waals surface area contributed by atoms with E-state index in [0.717, 1.165) is 16.8 Å². The van der Waals surface area contributed by atoms with Crippen molar-refractivity contribution in [2.24, 2.45) is 5.92 Å². The van der Waals surface area contributed by atoms with Gasteiger partial charge in [-0.15, -0.1) is 0 Å². The quantitative estimate of drug-likeness (QED) is 0.766. The van der Waals surface area contributed by atoms with Crippen LogP contribution in [-0.4, -0.2) is 5.91 Å². The summed E-state index contributed by atoms with van der Waals surface area (Å²) >= 11 is 0. The number of carbonyl (C=O) groups excluding carboxylic acids is 1. The van der Waals surface area contributed by atoms with Crippen molar-refractivity contribution in [2.75, 3.05) is 0 Å². The lowest BCUT2D eigenvalue weighted by Gasteiger charge is -2.08. The van der Waals surface area contributed by atoms with Crippen LogP contribution in [0.2, 0.25) is 0 Å². The zero-order valence-electron chi connectivity index (χ0n) is 10.2. The van der Waals surface area contributed by atoms with Gasteiger partial charge in [0.25, 0.3) is 5.91 Å². The average molecular weight is 215 g/mol. The molecule has 1 heterocycles. The molecule has 0 bridgehead atoms. The van der Waals surface area contributed by atoms with E-state index in [1.54, 1.807) is 0 Å². The first kappa shape index (κ1) is 10.9. The first-order chi connectivity index (χ1) is 7.50. The Morgan fingerprint density at radius 1 is 1.25 bits per heavy atom. The molecule has 1 amide bonds. The fourth-order valence-corrected chi connectivity index (χ4v) is 2.06. The molecule has 1 aliphatic rings. The van der Waals surface area contributed by atoms with Gasteiger partial charge in [0.2, 0.25) is 0 Å². The minimum Gasteiger partial charge on any atom is -0.322 e. The number of hydrogen-bond donors (Lipinski definition) is 1. The van der Waals surface area contributed by atoms with E-state index < -0.39 is 0 Å². The van der Waals surface area contributed by atoms with Crippen LogP contribution in [0.5, 0.6) is 0 Å². The van der Waals surface area contributed by atoms with Gasteiger partial charge in [-0.05, 0) is 37.0 Å². The van der Waals surface area contributed by atoms with Gasteiger partial charge >= 0.3 is 0 Å². The van der Waals surface area contributed by atoms with E-state index in [-0.39, 0.29) is 5.91 Å². The number of rotatable bonds is 1. The third-order valence-electron chi connectivity index (χ3n) is 3.00. The summed E-state index contributed by atoms with van der Waals surface area (Å²) in [6, 6.07) is 3.92. The lowest BCUT2D eigenvalue weighted by molar-refractivity contribution is 0.0981. The Bertz CT molecular complexity index is 484. The molecule has 1 N–H and O–H groups in total. The standard InChI is InChI=1S/C14H17NO/c1-8(2)7-12-13-10(4)9(3)5-6-11(13)14(16)15-12/h5-8H,1-4H3,(H,15,16)/b12-7+. The molecule has 0 radical (unpaired) electrons. The summed E-state index contributed by atoms with van der Waals surface area (Å²) in [4.78, 5) is 11.8. The highest BCUT2D eigenvalue weighted by Gasteiger charge is 2.25. The van der Waals surface area contributed by atoms with Crippen LogP contribution < -0.4 is 5.32 Å². The van der Waals surface area contributed by atoms with Gasteiger partial charge in [-0.2, -0.15) is 0 Å². The normalized spacial score (nSPS) is 16.8. The van der Waals surface area contributed by atoms with Crippen molar-refractivity contribution in [3.8, 4) is 0 Å². The Morgan fingerprint density at radius 3 is 2.56 bits per heavy atom. The monoisotopic (exact) mass is 215 g/mol. The van der Waals surface area contributed by atoms with E-state index >= 15 is 0 Å². The molecule has 2 nitrogen and oxygen atoms in total. The molecule has 0 spiro atoms. The minimum atomic E-state index is 0.0185. The van der Waals surface area contributed by atoms with Gasteiger partial charge in [0.15, 0.2) is 0 Å². The number of aryl methyl sites for hydroxylation is 1. The van der Waals surface area contributed by atoms with Crippen LogP contribution in [0.4, 0.5) is 0 Å². The van der Waals surface area contributed by atoms with E-state index in [0.29, 0.717) is 5.92 Å². The van der Waals surface area contributed by atoms with Crippen molar-refractivity contribution < 1.29 is 4.79 Å². The maximum atomic E-state index is 11.8. The third-order valence-corrected chi connectivity index (χ3v) is 3.00. The predicted molar refractivity (Wildman–Crippen MR) is 66.2 cm³/mol. The van der Waals surface area contributed by atoms with Crippen molar-refractivity contribution in [1.82, 2.24) is 5.32 Å². The second kappa shape index (κ2) is 3.78. The number of fused-ring (bicyclic) bond motifs is 1. The molecule has 1 aliphatic heterocycles. The molecule has 2 heteroatoms. The summed E-state index contributed by atoms with van der Waals surface area (Å²) < 4.78 is 0. The third kappa shape index (κ3) is 1.64. The van der Waals surface area contributed by atoms with E-state index in [4.69, 9.17) is 0 Å².